The second kappa shape index (κ2) is 8.86. The number of halogens is 1. The molecule has 1 atom stereocenters. The van der Waals surface area contributed by atoms with Crippen molar-refractivity contribution in [1.82, 2.24) is 19.5 Å². The van der Waals surface area contributed by atoms with E-state index in [9.17, 15) is 4.79 Å². The van der Waals surface area contributed by atoms with Gasteiger partial charge in [0.2, 0.25) is 0 Å². The maximum atomic E-state index is 11.6. The fourth-order valence-electron chi connectivity index (χ4n) is 3.09. The lowest BCUT2D eigenvalue weighted by atomic mass is 10.2. The molecule has 0 amide bonds. The van der Waals surface area contributed by atoms with E-state index in [-0.39, 0.29) is 17.8 Å². The average Bonchev–Trinajstić information content (AvgIpc) is 3.27. The van der Waals surface area contributed by atoms with Gasteiger partial charge in [-0.15, -0.1) is 0 Å². The van der Waals surface area contributed by atoms with Crippen molar-refractivity contribution in [3.8, 4) is 11.8 Å². The number of fused-ring (bicyclic) bond motifs is 1. The highest BCUT2D eigenvalue weighted by atomic mass is 79.9. The molecule has 9 nitrogen and oxygen atoms in total. The zero-order chi connectivity index (χ0) is 21.1. The number of imidazole rings is 1. The minimum Gasteiger partial charge on any atom is -0.479 e. The minimum absolute atomic E-state index is 0.245. The van der Waals surface area contributed by atoms with Crippen LogP contribution in [0.5, 0.6) is 11.8 Å². The fraction of sp³-hybridized carbons (Fsp3) is 0.400. The Hall–Kier alpha value is -2.88. The molecular weight excluding hydrogens is 454 g/mol. The number of unbranched alkanes of at least 4 members (excludes halogenated alkanes) is 1. The lowest BCUT2D eigenvalue weighted by Gasteiger charge is -2.11. The van der Waals surface area contributed by atoms with Crippen LogP contribution in [0.3, 0.4) is 0 Å². The molecule has 0 spiro atoms. The topological polar surface area (TPSA) is 114 Å². The number of hydrogen-bond donors (Lipinski definition) is 1. The van der Waals surface area contributed by atoms with Gasteiger partial charge in [-0.3, -0.25) is 4.57 Å². The Morgan fingerprint density at radius 3 is 2.77 bits per heavy atom. The van der Waals surface area contributed by atoms with Crippen molar-refractivity contribution in [2.75, 3.05) is 18.9 Å². The van der Waals surface area contributed by atoms with E-state index in [0.29, 0.717) is 47.8 Å². The number of rotatable bonds is 8. The summed E-state index contributed by atoms with van der Waals surface area (Å²) in [5, 5.41) is 0. The monoisotopic (exact) mass is 475 g/mol. The summed E-state index contributed by atoms with van der Waals surface area (Å²) in [6, 6.07) is 7.76. The molecule has 2 aromatic heterocycles. The molecule has 30 heavy (non-hydrogen) atoms. The van der Waals surface area contributed by atoms with E-state index in [1.807, 2.05) is 28.8 Å². The number of aromatic nitrogens is 4. The predicted molar refractivity (Wildman–Crippen MR) is 113 cm³/mol. The number of hydrogen-bond acceptors (Lipinski definition) is 8. The zero-order valence-electron chi connectivity index (χ0n) is 16.5. The molecule has 1 fully saturated rings. The largest absolute Gasteiger partial charge is 0.479 e. The third-order valence-corrected chi connectivity index (χ3v) is 5.32. The van der Waals surface area contributed by atoms with Crippen molar-refractivity contribution in [3.63, 3.8) is 0 Å². The van der Waals surface area contributed by atoms with Crippen molar-refractivity contribution in [3.05, 3.63) is 34.6 Å². The SMILES string of the molecule is CCCCOc1nc(N)c2nc(Br)n(Cc3ccc(OC4CCOC4=O)cc3)c2n1. The molecule has 3 aromatic rings. The molecule has 0 bridgehead atoms. The first-order valence-corrected chi connectivity index (χ1v) is 10.6. The molecule has 1 aliphatic heterocycles. The first-order chi connectivity index (χ1) is 14.5. The molecule has 0 aliphatic carbocycles. The van der Waals surface area contributed by atoms with Crippen LogP contribution in [0.2, 0.25) is 0 Å². The van der Waals surface area contributed by atoms with Gasteiger partial charge in [0, 0.05) is 6.42 Å². The normalized spacial score (nSPS) is 16.1. The molecule has 158 valence electrons. The summed E-state index contributed by atoms with van der Waals surface area (Å²) in [6.45, 7) is 3.53. The van der Waals surface area contributed by atoms with Crippen LogP contribution in [0.15, 0.2) is 29.0 Å². The van der Waals surface area contributed by atoms with E-state index in [1.54, 1.807) is 0 Å². The van der Waals surface area contributed by atoms with Crippen molar-refractivity contribution < 1.29 is 19.0 Å². The summed E-state index contributed by atoms with van der Waals surface area (Å²) < 4.78 is 18.7. The molecule has 0 saturated carbocycles. The van der Waals surface area contributed by atoms with E-state index in [4.69, 9.17) is 19.9 Å². The second-order valence-corrected chi connectivity index (χ2v) is 7.65. The highest BCUT2D eigenvalue weighted by Gasteiger charge is 2.28. The van der Waals surface area contributed by atoms with Crippen molar-refractivity contribution in [2.45, 2.75) is 38.8 Å². The fourth-order valence-corrected chi connectivity index (χ4v) is 3.56. The number of carbonyl (C=O) groups is 1. The van der Waals surface area contributed by atoms with Gasteiger partial charge in [0.25, 0.3) is 0 Å². The smallest absolute Gasteiger partial charge is 0.347 e. The average molecular weight is 476 g/mol. The van der Waals surface area contributed by atoms with Gasteiger partial charge in [0.15, 0.2) is 27.8 Å². The van der Waals surface area contributed by atoms with Gasteiger partial charge >= 0.3 is 12.0 Å². The number of ether oxygens (including phenoxy) is 3. The number of nitrogen functional groups attached to an aromatic ring is 1. The highest BCUT2D eigenvalue weighted by molar-refractivity contribution is 9.10. The predicted octanol–water partition coefficient (Wildman–Crippen LogP) is 3.09. The molecule has 1 aliphatic rings. The lowest BCUT2D eigenvalue weighted by molar-refractivity contribution is -0.143. The number of anilines is 1. The van der Waals surface area contributed by atoms with Crippen LogP contribution in [0.4, 0.5) is 5.82 Å². The highest BCUT2D eigenvalue weighted by Crippen LogP contribution is 2.26. The van der Waals surface area contributed by atoms with Gasteiger partial charge in [-0.1, -0.05) is 25.5 Å². The van der Waals surface area contributed by atoms with Gasteiger partial charge in [-0.2, -0.15) is 9.97 Å². The summed E-state index contributed by atoms with van der Waals surface area (Å²) in [5.74, 6) is 0.579. The summed E-state index contributed by atoms with van der Waals surface area (Å²) >= 11 is 3.48. The van der Waals surface area contributed by atoms with E-state index in [2.05, 4.69) is 37.8 Å². The molecule has 3 heterocycles. The number of cyclic esters (lactones) is 1. The number of nitrogens with zero attached hydrogens (tertiary/aromatic N) is 4. The Kier molecular flexibility index (Phi) is 6.03. The van der Waals surface area contributed by atoms with Crippen molar-refractivity contribution in [2.24, 2.45) is 0 Å². The molecule has 2 N–H and O–H groups in total. The zero-order valence-corrected chi connectivity index (χ0v) is 18.1. The molecule has 4 rings (SSSR count). The lowest BCUT2D eigenvalue weighted by Crippen LogP contribution is -2.21. The van der Waals surface area contributed by atoms with E-state index in [1.165, 1.54) is 0 Å². The van der Waals surface area contributed by atoms with Crippen LogP contribution < -0.4 is 15.2 Å². The number of benzene rings is 1. The maximum absolute atomic E-state index is 11.6. The van der Waals surface area contributed by atoms with E-state index >= 15 is 0 Å². The maximum Gasteiger partial charge on any atom is 0.347 e. The van der Waals surface area contributed by atoms with E-state index in [0.717, 1.165) is 18.4 Å². The Bertz CT molecular complexity index is 1050. The minimum atomic E-state index is -0.534. The summed E-state index contributed by atoms with van der Waals surface area (Å²) in [5.41, 5.74) is 8.18. The number of esters is 1. The van der Waals surface area contributed by atoms with Crippen LogP contribution in [-0.2, 0) is 16.1 Å². The third-order valence-electron chi connectivity index (χ3n) is 4.71. The number of nitrogens with two attached hydrogens (primary N) is 1. The Morgan fingerprint density at radius 2 is 2.07 bits per heavy atom. The van der Waals surface area contributed by atoms with Gasteiger partial charge in [-0.25, -0.2) is 9.78 Å². The first kappa shape index (κ1) is 20.4. The third kappa shape index (κ3) is 4.33. The molecule has 1 unspecified atom stereocenters. The van der Waals surface area contributed by atoms with E-state index < -0.39 is 6.10 Å². The summed E-state index contributed by atoms with van der Waals surface area (Å²) in [4.78, 5) is 24.7. The van der Waals surface area contributed by atoms with Gasteiger partial charge in [-0.05, 0) is 40.0 Å². The molecule has 1 aromatic carbocycles. The van der Waals surface area contributed by atoms with Gasteiger partial charge in [0.1, 0.15) is 5.75 Å². The Morgan fingerprint density at radius 1 is 1.27 bits per heavy atom. The van der Waals surface area contributed by atoms with Crippen LogP contribution >= 0.6 is 15.9 Å². The molecule has 1 saturated heterocycles. The van der Waals surface area contributed by atoms with Crippen LogP contribution in [0.25, 0.3) is 11.2 Å². The van der Waals surface area contributed by atoms with Crippen LogP contribution in [0, 0.1) is 0 Å². The Balaban J connectivity index is 1.54. The van der Waals surface area contributed by atoms with Crippen molar-refractivity contribution in [1.29, 1.82) is 0 Å². The summed E-state index contributed by atoms with van der Waals surface area (Å²) in [7, 11) is 0. The first-order valence-electron chi connectivity index (χ1n) is 9.79. The quantitative estimate of drug-likeness (QED) is 0.300. The number of carbonyl (C=O) groups excluding carboxylic acids is 1. The van der Waals surface area contributed by atoms with Gasteiger partial charge in [0.05, 0.1) is 19.8 Å². The van der Waals surface area contributed by atoms with Crippen LogP contribution in [-0.4, -0.2) is 44.8 Å². The van der Waals surface area contributed by atoms with Crippen LogP contribution in [0.1, 0.15) is 31.7 Å². The Labute approximate surface area is 181 Å². The molecule has 10 heteroatoms. The standard InChI is InChI=1S/C20H22BrN5O4/c1-2-3-9-29-20-24-16(22)15-17(25-20)26(19(21)23-15)11-12-4-6-13(7-5-12)30-14-8-10-28-18(14)27/h4-7,14H,2-3,8-11H2,1H3,(H2,22,24,25). The van der Waals surface area contributed by atoms with Crippen molar-refractivity contribution >= 4 is 38.9 Å². The molecule has 0 radical (unpaired) electrons. The second-order valence-electron chi connectivity index (χ2n) is 6.94. The molecular formula is C20H22BrN5O4. The van der Waals surface area contributed by atoms with Gasteiger partial charge < -0.3 is 19.9 Å². The summed E-state index contributed by atoms with van der Waals surface area (Å²) in [6.07, 6.45) is 1.96.